The van der Waals surface area contributed by atoms with Crippen molar-refractivity contribution in [3.63, 3.8) is 0 Å². The molecule has 0 bridgehead atoms. The van der Waals surface area contributed by atoms with Crippen molar-refractivity contribution in [1.82, 2.24) is 9.80 Å². The van der Waals surface area contributed by atoms with Crippen molar-refractivity contribution in [3.05, 3.63) is 57.0 Å². The number of nitrogens with zero attached hydrogens (tertiary/aromatic N) is 2. The molecule has 1 aromatic heterocycles. The number of amides is 1. The van der Waals surface area contributed by atoms with Crippen LogP contribution >= 0.6 is 22.9 Å². The molecule has 1 aliphatic heterocycles. The lowest BCUT2D eigenvalue weighted by Gasteiger charge is -2.22. The highest BCUT2D eigenvalue weighted by Gasteiger charge is 2.21. The van der Waals surface area contributed by atoms with E-state index in [4.69, 9.17) is 11.6 Å². The first kappa shape index (κ1) is 20.0. The van der Waals surface area contributed by atoms with Crippen LogP contribution < -0.4 is 0 Å². The molecule has 0 saturated carbocycles. The molecule has 3 rings (SSSR count). The van der Waals surface area contributed by atoms with Gasteiger partial charge in [-0.2, -0.15) is 0 Å². The Bertz CT molecular complexity index is 811. The van der Waals surface area contributed by atoms with Crippen LogP contribution in [0.15, 0.2) is 36.4 Å². The molecule has 2 aromatic rings. The minimum atomic E-state index is -0.193. The Kier molecular flexibility index (Phi) is 6.99. The summed E-state index contributed by atoms with van der Waals surface area (Å²) >= 11 is 7.09. The van der Waals surface area contributed by atoms with Gasteiger partial charge in [-0.05, 0) is 24.6 Å². The van der Waals surface area contributed by atoms with Crippen LogP contribution in [0.5, 0.6) is 0 Å². The molecule has 2 heterocycles. The quantitative estimate of drug-likeness (QED) is 0.671. The lowest BCUT2D eigenvalue weighted by molar-refractivity contribution is -0.131. The topological polar surface area (TPSA) is 40.6 Å². The zero-order valence-electron chi connectivity index (χ0n) is 15.0. The van der Waals surface area contributed by atoms with Crippen molar-refractivity contribution >= 4 is 34.6 Å². The van der Waals surface area contributed by atoms with E-state index in [0.29, 0.717) is 41.0 Å². The summed E-state index contributed by atoms with van der Waals surface area (Å²) in [5.74, 6) is -0.239. The van der Waals surface area contributed by atoms with Crippen LogP contribution in [-0.4, -0.2) is 47.7 Å². The smallest absolute Gasteiger partial charge is 0.223 e. The maximum Gasteiger partial charge on any atom is 0.223 e. The number of rotatable bonds is 6. The van der Waals surface area contributed by atoms with Gasteiger partial charge >= 0.3 is 0 Å². The minimum Gasteiger partial charge on any atom is -0.341 e. The Morgan fingerprint density at radius 2 is 1.85 bits per heavy atom. The number of ketones is 1. The predicted molar refractivity (Wildman–Crippen MR) is 106 cm³/mol. The normalized spacial score (nSPS) is 15.6. The molecular weight excluding hydrogens is 387 g/mol. The van der Waals surface area contributed by atoms with Crippen molar-refractivity contribution in [1.29, 1.82) is 0 Å². The lowest BCUT2D eigenvalue weighted by atomic mass is 10.2. The number of hydrogen-bond acceptors (Lipinski definition) is 4. The number of benzene rings is 1. The molecular formula is C20H22ClFN2O2S. The third-order valence-corrected chi connectivity index (χ3v) is 5.98. The average Bonchev–Trinajstić information content (AvgIpc) is 2.96. The van der Waals surface area contributed by atoms with Gasteiger partial charge in [-0.15, -0.1) is 11.3 Å². The molecule has 0 unspecified atom stereocenters. The van der Waals surface area contributed by atoms with Gasteiger partial charge in [-0.3, -0.25) is 14.5 Å². The second kappa shape index (κ2) is 9.44. The van der Waals surface area contributed by atoms with E-state index in [1.165, 1.54) is 17.4 Å². The Morgan fingerprint density at radius 3 is 2.59 bits per heavy atom. The van der Waals surface area contributed by atoms with E-state index in [2.05, 4.69) is 4.90 Å². The number of carbonyl (C=O) groups is 2. The lowest BCUT2D eigenvalue weighted by Crippen LogP contribution is -2.35. The highest BCUT2D eigenvalue weighted by Crippen LogP contribution is 2.23. The minimum absolute atomic E-state index is 0.00116. The van der Waals surface area contributed by atoms with Gasteiger partial charge in [0.2, 0.25) is 5.91 Å². The molecule has 0 radical (unpaired) electrons. The fraction of sp³-hybridized carbons (Fsp3) is 0.400. The molecule has 7 heteroatoms. The maximum absolute atomic E-state index is 13.8. The van der Waals surface area contributed by atoms with Gasteiger partial charge < -0.3 is 4.90 Å². The molecule has 1 amide bonds. The molecule has 0 aliphatic carbocycles. The molecule has 1 saturated heterocycles. The second-order valence-electron chi connectivity index (χ2n) is 6.63. The van der Waals surface area contributed by atoms with E-state index < -0.39 is 0 Å². The molecule has 1 aromatic carbocycles. The highest BCUT2D eigenvalue weighted by molar-refractivity contribution is 7.18. The summed E-state index contributed by atoms with van der Waals surface area (Å²) in [6.07, 6.45) is 1.25. The second-order valence-corrected chi connectivity index (χ2v) is 8.34. The van der Waals surface area contributed by atoms with Crippen LogP contribution in [0.3, 0.4) is 0 Å². The average molecular weight is 409 g/mol. The number of Topliss-reactive ketones (excluding diaryl/α,β-unsaturated/α-hetero) is 1. The van der Waals surface area contributed by atoms with Gasteiger partial charge in [-0.25, -0.2) is 4.39 Å². The van der Waals surface area contributed by atoms with Gasteiger partial charge in [0, 0.05) is 51.1 Å². The number of halogens is 2. The maximum atomic E-state index is 13.8. The summed E-state index contributed by atoms with van der Waals surface area (Å²) in [7, 11) is 0. The Balaban J connectivity index is 1.48. The van der Waals surface area contributed by atoms with E-state index in [1.807, 2.05) is 11.0 Å². The molecule has 1 fully saturated rings. The molecule has 0 atom stereocenters. The van der Waals surface area contributed by atoms with E-state index in [1.54, 1.807) is 24.3 Å². The van der Waals surface area contributed by atoms with Crippen LogP contribution in [0.2, 0.25) is 4.34 Å². The van der Waals surface area contributed by atoms with Crippen LogP contribution in [-0.2, 0) is 11.3 Å². The molecule has 144 valence electrons. The first-order valence-corrected chi connectivity index (χ1v) is 10.2. The van der Waals surface area contributed by atoms with Crippen molar-refractivity contribution in [2.75, 3.05) is 26.2 Å². The van der Waals surface area contributed by atoms with Gasteiger partial charge in [0.1, 0.15) is 5.82 Å². The van der Waals surface area contributed by atoms with Crippen LogP contribution in [0, 0.1) is 5.82 Å². The van der Waals surface area contributed by atoms with Crippen LogP contribution in [0.25, 0.3) is 0 Å². The van der Waals surface area contributed by atoms with E-state index in [0.717, 1.165) is 13.0 Å². The number of hydrogen-bond donors (Lipinski definition) is 0. The van der Waals surface area contributed by atoms with Gasteiger partial charge in [0.15, 0.2) is 5.78 Å². The van der Waals surface area contributed by atoms with Gasteiger partial charge in [-0.1, -0.05) is 29.8 Å². The number of carbonyl (C=O) groups excluding carboxylic acids is 2. The first-order valence-electron chi connectivity index (χ1n) is 9.05. The molecule has 0 spiro atoms. The van der Waals surface area contributed by atoms with Crippen molar-refractivity contribution in [2.45, 2.75) is 25.8 Å². The molecule has 27 heavy (non-hydrogen) atoms. The standard InChI is InChI=1S/C20H22ClFN2O2S/c21-19-8-7-18(27-19)17(25)6-9-20(26)24-11-3-10-23(12-13-24)14-15-4-1-2-5-16(15)22/h1-2,4-5,7-8H,3,6,9-14H2. The summed E-state index contributed by atoms with van der Waals surface area (Å²) in [5.41, 5.74) is 0.678. The summed E-state index contributed by atoms with van der Waals surface area (Å²) < 4.78 is 14.4. The molecule has 1 aliphatic rings. The van der Waals surface area contributed by atoms with E-state index >= 15 is 0 Å². The Labute approximate surface area is 167 Å². The van der Waals surface area contributed by atoms with Crippen molar-refractivity contribution in [3.8, 4) is 0 Å². The third kappa shape index (κ3) is 5.61. The third-order valence-electron chi connectivity index (χ3n) is 4.71. The Hall–Kier alpha value is -1.76. The zero-order valence-corrected chi connectivity index (χ0v) is 16.6. The fourth-order valence-electron chi connectivity index (χ4n) is 3.21. The van der Waals surface area contributed by atoms with Gasteiger partial charge in [0.25, 0.3) is 0 Å². The van der Waals surface area contributed by atoms with Crippen LogP contribution in [0.4, 0.5) is 4.39 Å². The first-order chi connectivity index (χ1) is 13.0. The molecule has 0 N–H and O–H groups in total. The SMILES string of the molecule is O=C(CCC(=O)N1CCCN(Cc2ccccc2F)CC1)c1ccc(Cl)s1. The van der Waals surface area contributed by atoms with Gasteiger partial charge in [0.05, 0.1) is 9.21 Å². The largest absolute Gasteiger partial charge is 0.341 e. The van der Waals surface area contributed by atoms with Crippen molar-refractivity contribution < 1.29 is 14.0 Å². The van der Waals surface area contributed by atoms with E-state index in [-0.39, 0.29) is 30.3 Å². The zero-order chi connectivity index (χ0) is 19.2. The van der Waals surface area contributed by atoms with Crippen LogP contribution in [0.1, 0.15) is 34.5 Å². The Morgan fingerprint density at radius 1 is 1.04 bits per heavy atom. The summed E-state index contributed by atoms with van der Waals surface area (Å²) in [4.78, 5) is 29.2. The summed E-state index contributed by atoms with van der Waals surface area (Å²) in [6, 6.07) is 10.2. The summed E-state index contributed by atoms with van der Waals surface area (Å²) in [6.45, 7) is 3.35. The van der Waals surface area contributed by atoms with E-state index in [9.17, 15) is 14.0 Å². The monoisotopic (exact) mass is 408 g/mol. The molecule has 4 nitrogen and oxygen atoms in total. The summed E-state index contributed by atoms with van der Waals surface area (Å²) in [5, 5.41) is 0. The van der Waals surface area contributed by atoms with Crippen molar-refractivity contribution in [2.24, 2.45) is 0 Å². The number of thiophene rings is 1. The predicted octanol–water partition coefficient (Wildman–Crippen LogP) is 4.24. The highest BCUT2D eigenvalue weighted by atomic mass is 35.5. The fourth-order valence-corrected chi connectivity index (χ4v) is 4.22.